The molecule has 0 saturated carbocycles. The number of carbonyl (C=O) groups excluding carboxylic acids is 1. The number of ketones is 1. The Balaban J connectivity index is 1.67. The van der Waals surface area contributed by atoms with Crippen LogP contribution in [0.4, 0.5) is 0 Å². The van der Waals surface area contributed by atoms with Gasteiger partial charge in [0.05, 0.1) is 26.9 Å². The van der Waals surface area contributed by atoms with Gasteiger partial charge in [-0.1, -0.05) is 32.9 Å². The lowest BCUT2D eigenvalue weighted by atomic mass is 10.2. The fourth-order valence-corrected chi connectivity index (χ4v) is 3.05. The van der Waals surface area contributed by atoms with Crippen LogP contribution in [0.5, 0.6) is 5.75 Å². The molecule has 1 aromatic carbocycles. The fourth-order valence-electron chi connectivity index (χ4n) is 2.12. The van der Waals surface area contributed by atoms with Gasteiger partial charge in [0.2, 0.25) is 0 Å². The summed E-state index contributed by atoms with van der Waals surface area (Å²) >= 11 is 0. The van der Waals surface area contributed by atoms with Gasteiger partial charge in [-0.3, -0.25) is 4.79 Å². The molecule has 6 heteroatoms. The van der Waals surface area contributed by atoms with E-state index in [0.29, 0.717) is 13.2 Å². The molecule has 0 amide bonds. The molecular formula is C19H30O5Si. The molecule has 0 N–H and O–H groups in total. The highest BCUT2D eigenvalue weighted by molar-refractivity contribution is 6.74. The summed E-state index contributed by atoms with van der Waals surface area (Å²) < 4.78 is 22.2. The number of methoxy groups -OCH3 is 1. The maximum Gasteiger partial charge on any atom is 0.192 e. The second-order valence-electron chi connectivity index (χ2n) is 7.97. The van der Waals surface area contributed by atoms with Crippen molar-refractivity contribution in [2.45, 2.75) is 57.7 Å². The lowest BCUT2D eigenvalue weighted by Gasteiger charge is -2.35. The average Bonchev–Trinajstić information content (AvgIpc) is 3.32. The summed E-state index contributed by atoms with van der Waals surface area (Å²) in [5.41, 5.74) is 1.06. The maximum absolute atomic E-state index is 12.2. The number of Topliss-reactive ketones (excluding diaryl/α,β-unsaturated/α-hetero) is 1. The lowest BCUT2D eigenvalue weighted by molar-refractivity contribution is -0.122. The second-order valence-corrected chi connectivity index (χ2v) is 12.8. The van der Waals surface area contributed by atoms with E-state index in [9.17, 15) is 4.79 Å². The van der Waals surface area contributed by atoms with E-state index in [1.165, 1.54) is 0 Å². The van der Waals surface area contributed by atoms with Crippen molar-refractivity contribution in [1.82, 2.24) is 0 Å². The highest BCUT2D eigenvalue weighted by Crippen LogP contribution is 2.36. The van der Waals surface area contributed by atoms with E-state index < -0.39 is 8.32 Å². The first-order valence-corrected chi connectivity index (χ1v) is 11.6. The van der Waals surface area contributed by atoms with Crippen molar-refractivity contribution in [2.24, 2.45) is 0 Å². The summed E-state index contributed by atoms with van der Waals surface area (Å²) in [4.78, 5) is 12.2. The Morgan fingerprint density at radius 3 is 2.40 bits per heavy atom. The van der Waals surface area contributed by atoms with Crippen LogP contribution in [0.25, 0.3) is 0 Å². The van der Waals surface area contributed by atoms with Crippen LogP contribution in [0.1, 0.15) is 26.3 Å². The first-order valence-electron chi connectivity index (χ1n) is 8.67. The quantitative estimate of drug-likeness (QED) is 0.494. The number of hydrogen-bond acceptors (Lipinski definition) is 5. The van der Waals surface area contributed by atoms with Gasteiger partial charge < -0.3 is 18.6 Å². The van der Waals surface area contributed by atoms with Crippen molar-refractivity contribution >= 4 is 14.1 Å². The largest absolute Gasteiger partial charge is 0.497 e. The van der Waals surface area contributed by atoms with Crippen molar-refractivity contribution < 1.29 is 23.4 Å². The maximum atomic E-state index is 12.2. The molecule has 25 heavy (non-hydrogen) atoms. The Hall–Kier alpha value is -1.21. The monoisotopic (exact) mass is 366 g/mol. The molecule has 140 valence electrons. The zero-order valence-corrected chi connectivity index (χ0v) is 17.1. The number of hydrogen-bond donors (Lipinski definition) is 0. The smallest absolute Gasteiger partial charge is 0.192 e. The van der Waals surface area contributed by atoms with Crippen LogP contribution in [-0.4, -0.2) is 46.6 Å². The van der Waals surface area contributed by atoms with Gasteiger partial charge in [-0.2, -0.15) is 0 Å². The molecular weight excluding hydrogens is 336 g/mol. The molecule has 2 atom stereocenters. The van der Waals surface area contributed by atoms with Gasteiger partial charge in [0.25, 0.3) is 0 Å². The minimum absolute atomic E-state index is 0.0165. The molecule has 5 nitrogen and oxygen atoms in total. The number of rotatable bonds is 9. The molecule has 0 aliphatic carbocycles. The Kier molecular flexibility index (Phi) is 6.43. The number of carbonyl (C=O) groups is 1. The zero-order chi connectivity index (χ0) is 18.7. The van der Waals surface area contributed by atoms with Crippen molar-refractivity contribution in [3.63, 3.8) is 0 Å². The lowest BCUT2D eigenvalue weighted by Crippen LogP contribution is -2.42. The summed E-state index contributed by atoms with van der Waals surface area (Å²) in [6.07, 6.45) is -0.519. The predicted octanol–water partition coefficient (Wildman–Crippen LogP) is 3.57. The molecule has 1 aliphatic heterocycles. The van der Waals surface area contributed by atoms with Gasteiger partial charge in [0, 0.05) is 0 Å². The SMILES string of the molecule is COc1ccc(COC[C@H]2O[C@H]2C(=O)CO[Si](C)(C)C(C)(C)C)cc1. The number of benzene rings is 1. The topological polar surface area (TPSA) is 57.3 Å². The van der Waals surface area contributed by atoms with E-state index in [1.807, 2.05) is 24.3 Å². The van der Waals surface area contributed by atoms with Gasteiger partial charge >= 0.3 is 0 Å². The Labute approximate surface area is 151 Å². The Morgan fingerprint density at radius 1 is 1.20 bits per heavy atom. The second kappa shape index (κ2) is 7.99. The zero-order valence-electron chi connectivity index (χ0n) is 16.1. The summed E-state index contributed by atoms with van der Waals surface area (Å²) in [6.45, 7) is 11.8. The minimum atomic E-state index is -1.90. The molecule has 1 heterocycles. The molecule has 0 radical (unpaired) electrons. The van der Waals surface area contributed by atoms with E-state index in [4.69, 9.17) is 18.6 Å². The summed E-state index contributed by atoms with van der Waals surface area (Å²) in [6, 6.07) is 7.72. The van der Waals surface area contributed by atoms with Crippen LogP contribution in [0, 0.1) is 0 Å². The predicted molar refractivity (Wildman–Crippen MR) is 99.5 cm³/mol. The van der Waals surface area contributed by atoms with Crippen LogP contribution in [0.2, 0.25) is 18.1 Å². The van der Waals surface area contributed by atoms with E-state index in [2.05, 4.69) is 33.9 Å². The normalized spacial score (nSPS) is 20.4. The molecule has 1 saturated heterocycles. The van der Waals surface area contributed by atoms with Crippen LogP contribution in [0.3, 0.4) is 0 Å². The van der Waals surface area contributed by atoms with Crippen LogP contribution >= 0.6 is 0 Å². The van der Waals surface area contributed by atoms with Crippen molar-refractivity contribution in [3.8, 4) is 5.75 Å². The molecule has 0 unspecified atom stereocenters. The number of ether oxygens (including phenoxy) is 3. The molecule has 2 rings (SSSR count). The van der Waals surface area contributed by atoms with Gasteiger partial charge in [-0.25, -0.2) is 0 Å². The van der Waals surface area contributed by atoms with Crippen LogP contribution in [-0.2, 0) is 25.3 Å². The van der Waals surface area contributed by atoms with E-state index in [-0.39, 0.29) is 29.6 Å². The third kappa shape index (κ3) is 5.64. The first kappa shape index (κ1) is 20.1. The van der Waals surface area contributed by atoms with Crippen molar-refractivity contribution in [3.05, 3.63) is 29.8 Å². The fraction of sp³-hybridized carbons (Fsp3) is 0.632. The molecule has 0 bridgehead atoms. The van der Waals surface area contributed by atoms with Crippen molar-refractivity contribution in [2.75, 3.05) is 20.3 Å². The first-order chi connectivity index (χ1) is 11.6. The molecule has 1 fully saturated rings. The highest BCUT2D eigenvalue weighted by atomic mass is 28.4. The van der Waals surface area contributed by atoms with E-state index in [1.54, 1.807) is 7.11 Å². The third-order valence-corrected chi connectivity index (χ3v) is 9.47. The Bertz CT molecular complexity index is 576. The summed E-state index contributed by atoms with van der Waals surface area (Å²) in [5, 5.41) is 0.0958. The van der Waals surface area contributed by atoms with Crippen LogP contribution in [0.15, 0.2) is 24.3 Å². The van der Waals surface area contributed by atoms with Gasteiger partial charge in [-0.05, 0) is 35.8 Å². The molecule has 1 aliphatic rings. The molecule has 0 spiro atoms. The van der Waals surface area contributed by atoms with Crippen LogP contribution < -0.4 is 4.74 Å². The Morgan fingerprint density at radius 2 is 1.84 bits per heavy atom. The average molecular weight is 367 g/mol. The third-order valence-electron chi connectivity index (χ3n) is 4.99. The molecule has 1 aromatic rings. The van der Waals surface area contributed by atoms with E-state index >= 15 is 0 Å². The van der Waals surface area contributed by atoms with Gasteiger partial charge in [0.15, 0.2) is 14.1 Å². The minimum Gasteiger partial charge on any atom is -0.497 e. The summed E-state index contributed by atoms with van der Waals surface area (Å²) in [5.74, 6) is 0.838. The molecule has 0 aromatic heterocycles. The standard InChI is InChI=1S/C19H30O5Si/c1-19(2,3)25(5,6)23-12-16(20)18-17(24-18)13-22-11-14-7-9-15(21-4)10-8-14/h7-10,17-18H,11-13H2,1-6H3/t17-,18+/m1/s1. The van der Waals surface area contributed by atoms with Crippen molar-refractivity contribution in [1.29, 1.82) is 0 Å². The number of epoxide rings is 1. The summed E-state index contributed by atoms with van der Waals surface area (Å²) in [7, 11) is -0.262. The van der Waals surface area contributed by atoms with E-state index in [0.717, 1.165) is 11.3 Å². The van der Waals surface area contributed by atoms with Gasteiger partial charge in [-0.15, -0.1) is 0 Å². The highest BCUT2D eigenvalue weighted by Gasteiger charge is 2.46. The van der Waals surface area contributed by atoms with Gasteiger partial charge in [0.1, 0.15) is 18.0 Å².